The molecular formula is C18H17N3O3. The first-order valence-corrected chi connectivity index (χ1v) is 7.47. The fourth-order valence-corrected chi connectivity index (χ4v) is 2.25. The molecule has 2 heterocycles. The molecule has 0 unspecified atom stereocenters. The van der Waals surface area contributed by atoms with E-state index in [2.05, 4.69) is 10.3 Å². The van der Waals surface area contributed by atoms with E-state index in [9.17, 15) is 9.90 Å². The molecule has 0 bridgehead atoms. The maximum Gasteiger partial charge on any atom is 0.322 e. The maximum atomic E-state index is 12.6. The Morgan fingerprint density at radius 1 is 1.12 bits per heavy atom. The molecule has 3 aromatic rings. The van der Waals surface area contributed by atoms with Crippen molar-refractivity contribution in [1.82, 2.24) is 9.88 Å². The van der Waals surface area contributed by atoms with E-state index in [0.717, 1.165) is 5.56 Å². The summed E-state index contributed by atoms with van der Waals surface area (Å²) in [7, 11) is 0. The maximum absolute atomic E-state index is 12.6. The minimum Gasteiger partial charge on any atom is -0.508 e. The largest absolute Gasteiger partial charge is 0.508 e. The van der Waals surface area contributed by atoms with Crippen LogP contribution in [0.5, 0.6) is 5.75 Å². The van der Waals surface area contributed by atoms with Gasteiger partial charge in [0, 0.05) is 12.7 Å². The lowest BCUT2D eigenvalue weighted by atomic mass is 10.2. The lowest BCUT2D eigenvalue weighted by Crippen LogP contribution is -2.34. The molecule has 2 aromatic heterocycles. The van der Waals surface area contributed by atoms with Crippen LogP contribution in [-0.2, 0) is 13.1 Å². The highest BCUT2D eigenvalue weighted by Crippen LogP contribution is 2.15. The van der Waals surface area contributed by atoms with E-state index < -0.39 is 0 Å². The summed E-state index contributed by atoms with van der Waals surface area (Å²) in [6.07, 6.45) is 4.81. The highest BCUT2D eigenvalue weighted by Gasteiger charge is 2.16. The van der Waals surface area contributed by atoms with Gasteiger partial charge in [0.25, 0.3) is 0 Å². The van der Waals surface area contributed by atoms with Gasteiger partial charge in [-0.2, -0.15) is 0 Å². The Balaban J connectivity index is 1.75. The number of nitrogens with one attached hydrogen (secondary N) is 1. The van der Waals surface area contributed by atoms with E-state index in [1.165, 1.54) is 0 Å². The highest BCUT2D eigenvalue weighted by atomic mass is 16.3. The molecule has 0 spiro atoms. The number of aromatic nitrogens is 1. The van der Waals surface area contributed by atoms with Crippen LogP contribution in [0.4, 0.5) is 10.5 Å². The number of carbonyl (C=O) groups excluding carboxylic acids is 1. The lowest BCUT2D eigenvalue weighted by molar-refractivity contribution is 0.201. The Kier molecular flexibility index (Phi) is 4.76. The summed E-state index contributed by atoms with van der Waals surface area (Å²) < 4.78 is 5.35. The van der Waals surface area contributed by atoms with Crippen LogP contribution in [0.25, 0.3) is 0 Å². The summed E-state index contributed by atoms with van der Waals surface area (Å²) in [5.41, 5.74) is 1.53. The predicted octanol–water partition coefficient (Wildman–Crippen LogP) is 3.61. The highest BCUT2D eigenvalue weighted by molar-refractivity contribution is 5.89. The zero-order chi connectivity index (χ0) is 16.8. The number of carbonyl (C=O) groups is 1. The average Bonchev–Trinajstić information content (AvgIpc) is 3.10. The number of amides is 2. The SMILES string of the molecule is O=C(Nc1cccnc1)N(Cc1ccc(O)cc1)Cc1ccco1. The topological polar surface area (TPSA) is 78.6 Å². The van der Waals surface area contributed by atoms with Gasteiger partial charge in [-0.3, -0.25) is 4.98 Å². The Bertz CT molecular complexity index is 771. The van der Waals surface area contributed by atoms with Gasteiger partial charge in [0.15, 0.2) is 0 Å². The number of anilines is 1. The van der Waals surface area contributed by atoms with Crippen molar-refractivity contribution in [2.24, 2.45) is 0 Å². The summed E-state index contributed by atoms with van der Waals surface area (Å²) in [5, 5.41) is 12.2. The van der Waals surface area contributed by atoms with E-state index >= 15 is 0 Å². The molecule has 6 heteroatoms. The van der Waals surface area contributed by atoms with Crippen LogP contribution < -0.4 is 5.32 Å². The minimum atomic E-state index is -0.257. The van der Waals surface area contributed by atoms with Crippen molar-refractivity contribution in [2.75, 3.05) is 5.32 Å². The van der Waals surface area contributed by atoms with E-state index in [0.29, 0.717) is 24.5 Å². The Morgan fingerprint density at radius 3 is 2.62 bits per heavy atom. The van der Waals surface area contributed by atoms with Crippen molar-refractivity contribution >= 4 is 11.7 Å². The summed E-state index contributed by atoms with van der Waals surface area (Å²) >= 11 is 0. The molecule has 0 aliphatic carbocycles. The Morgan fingerprint density at radius 2 is 1.96 bits per heavy atom. The van der Waals surface area contributed by atoms with E-state index in [1.54, 1.807) is 66.0 Å². The van der Waals surface area contributed by atoms with Gasteiger partial charge < -0.3 is 19.7 Å². The van der Waals surface area contributed by atoms with Crippen LogP contribution in [0.2, 0.25) is 0 Å². The van der Waals surface area contributed by atoms with Crippen LogP contribution in [-0.4, -0.2) is 21.0 Å². The van der Waals surface area contributed by atoms with Gasteiger partial charge in [-0.1, -0.05) is 12.1 Å². The summed E-state index contributed by atoms with van der Waals surface area (Å²) in [6.45, 7) is 0.715. The summed E-state index contributed by atoms with van der Waals surface area (Å²) in [5.74, 6) is 0.881. The van der Waals surface area contributed by atoms with Crippen molar-refractivity contribution in [1.29, 1.82) is 0 Å². The minimum absolute atomic E-state index is 0.191. The summed E-state index contributed by atoms with van der Waals surface area (Å²) in [6, 6.07) is 13.6. The van der Waals surface area contributed by atoms with Gasteiger partial charge in [0.1, 0.15) is 11.5 Å². The third-order valence-electron chi connectivity index (χ3n) is 3.44. The summed E-state index contributed by atoms with van der Waals surface area (Å²) in [4.78, 5) is 18.2. The number of rotatable bonds is 5. The number of hydrogen-bond acceptors (Lipinski definition) is 4. The molecule has 6 nitrogen and oxygen atoms in total. The number of urea groups is 1. The fourth-order valence-electron chi connectivity index (χ4n) is 2.25. The lowest BCUT2D eigenvalue weighted by Gasteiger charge is -2.22. The van der Waals surface area contributed by atoms with Gasteiger partial charge in [-0.25, -0.2) is 4.79 Å². The molecule has 0 saturated heterocycles. The van der Waals surface area contributed by atoms with Gasteiger partial charge >= 0.3 is 6.03 Å². The number of phenols is 1. The normalized spacial score (nSPS) is 10.3. The number of furan rings is 1. The molecular weight excluding hydrogens is 306 g/mol. The van der Waals surface area contributed by atoms with Crippen molar-refractivity contribution in [2.45, 2.75) is 13.1 Å². The molecule has 0 fully saturated rings. The monoisotopic (exact) mass is 323 g/mol. The zero-order valence-corrected chi connectivity index (χ0v) is 12.9. The van der Waals surface area contributed by atoms with Crippen molar-refractivity contribution in [3.63, 3.8) is 0 Å². The third kappa shape index (κ3) is 4.13. The quantitative estimate of drug-likeness (QED) is 0.752. The van der Waals surface area contributed by atoms with Gasteiger partial charge in [-0.15, -0.1) is 0 Å². The van der Waals surface area contributed by atoms with Gasteiger partial charge in [-0.05, 0) is 42.0 Å². The average molecular weight is 323 g/mol. The molecule has 0 aliphatic rings. The molecule has 0 aliphatic heterocycles. The fraction of sp³-hybridized carbons (Fsp3) is 0.111. The molecule has 0 radical (unpaired) electrons. The van der Waals surface area contributed by atoms with Crippen LogP contribution in [0.15, 0.2) is 71.6 Å². The second-order valence-corrected chi connectivity index (χ2v) is 5.27. The molecule has 3 rings (SSSR count). The second kappa shape index (κ2) is 7.32. The number of phenolic OH excluding ortho intramolecular Hbond substituents is 1. The molecule has 2 N–H and O–H groups in total. The van der Waals surface area contributed by atoms with Crippen molar-refractivity contribution < 1.29 is 14.3 Å². The standard InChI is InChI=1S/C18H17N3O3/c22-16-7-5-14(6-8-16)12-21(13-17-4-2-10-24-17)18(23)20-15-3-1-9-19-11-15/h1-11,22H,12-13H2,(H,20,23). The Hall–Kier alpha value is -3.28. The van der Waals surface area contributed by atoms with Gasteiger partial charge in [0.2, 0.25) is 0 Å². The van der Waals surface area contributed by atoms with Crippen LogP contribution in [0, 0.1) is 0 Å². The molecule has 24 heavy (non-hydrogen) atoms. The second-order valence-electron chi connectivity index (χ2n) is 5.27. The number of benzene rings is 1. The first-order valence-electron chi connectivity index (χ1n) is 7.47. The smallest absolute Gasteiger partial charge is 0.322 e. The molecule has 0 atom stereocenters. The number of pyridine rings is 1. The number of aromatic hydroxyl groups is 1. The molecule has 1 aromatic carbocycles. The van der Waals surface area contributed by atoms with Crippen molar-refractivity contribution in [3.8, 4) is 5.75 Å². The predicted molar refractivity (Wildman–Crippen MR) is 89.3 cm³/mol. The molecule has 0 saturated carbocycles. The van der Waals surface area contributed by atoms with Crippen LogP contribution in [0.1, 0.15) is 11.3 Å². The first kappa shape index (κ1) is 15.6. The van der Waals surface area contributed by atoms with Crippen molar-refractivity contribution in [3.05, 3.63) is 78.5 Å². The molecule has 122 valence electrons. The first-order chi connectivity index (χ1) is 11.7. The van der Waals surface area contributed by atoms with Crippen LogP contribution >= 0.6 is 0 Å². The zero-order valence-electron chi connectivity index (χ0n) is 12.9. The number of nitrogens with zero attached hydrogens (tertiary/aromatic N) is 2. The Labute approximate surface area is 139 Å². The number of hydrogen-bond donors (Lipinski definition) is 2. The van der Waals surface area contributed by atoms with Gasteiger partial charge in [0.05, 0.1) is 24.7 Å². The van der Waals surface area contributed by atoms with E-state index in [4.69, 9.17) is 4.42 Å². The third-order valence-corrected chi connectivity index (χ3v) is 3.44. The van der Waals surface area contributed by atoms with E-state index in [-0.39, 0.29) is 11.8 Å². The van der Waals surface area contributed by atoms with E-state index in [1.807, 2.05) is 6.07 Å². The molecule has 2 amide bonds. The van der Waals surface area contributed by atoms with Crippen LogP contribution in [0.3, 0.4) is 0 Å².